The highest BCUT2D eigenvalue weighted by molar-refractivity contribution is 7.98. The number of benzene rings is 1. The van der Waals surface area contributed by atoms with E-state index in [9.17, 15) is 10.1 Å². The molecule has 0 fully saturated rings. The SMILES string of the molecule is C=CCc1cc(-c2nc(SC)[nH]c(=O)c2C#N)cc(OCC)c1OC(C)C. The predicted molar refractivity (Wildman–Crippen MR) is 108 cm³/mol. The van der Waals surface area contributed by atoms with Crippen molar-refractivity contribution >= 4 is 11.8 Å². The first kappa shape index (κ1) is 20.6. The van der Waals surface area contributed by atoms with E-state index >= 15 is 0 Å². The third-order valence-corrected chi connectivity index (χ3v) is 4.21. The standard InChI is InChI=1S/C20H23N3O3S/c1-6-8-13-9-14(10-16(25-7-2)18(13)26-12(3)4)17-15(11-21)19(24)23-20(22-17)27-5/h6,9-10,12H,1,7-8H2,2-5H3,(H,22,23,24). The van der Waals surface area contributed by atoms with Crippen LogP contribution in [0.15, 0.2) is 34.7 Å². The summed E-state index contributed by atoms with van der Waals surface area (Å²) < 4.78 is 11.8. The van der Waals surface area contributed by atoms with Gasteiger partial charge in [-0.2, -0.15) is 5.26 Å². The average molecular weight is 385 g/mol. The number of aromatic nitrogens is 2. The van der Waals surface area contributed by atoms with Gasteiger partial charge in [-0.3, -0.25) is 4.79 Å². The molecule has 27 heavy (non-hydrogen) atoms. The number of nitrogens with one attached hydrogen (secondary N) is 1. The Kier molecular flexibility index (Phi) is 7.08. The van der Waals surface area contributed by atoms with Crippen molar-refractivity contribution in [2.24, 2.45) is 0 Å². The van der Waals surface area contributed by atoms with Crippen molar-refractivity contribution in [3.8, 4) is 28.8 Å². The molecule has 7 heteroatoms. The second-order valence-corrected chi connectivity index (χ2v) is 6.76. The van der Waals surface area contributed by atoms with Crippen molar-refractivity contribution in [1.82, 2.24) is 9.97 Å². The molecule has 1 N–H and O–H groups in total. The molecule has 1 heterocycles. The Labute approximate surface area is 163 Å². The van der Waals surface area contributed by atoms with Gasteiger partial charge in [0.05, 0.1) is 18.4 Å². The normalized spacial score (nSPS) is 10.5. The Morgan fingerprint density at radius 2 is 2.19 bits per heavy atom. The van der Waals surface area contributed by atoms with Crippen LogP contribution >= 0.6 is 11.8 Å². The number of aromatic amines is 1. The average Bonchev–Trinajstić information content (AvgIpc) is 2.63. The molecule has 2 rings (SSSR count). The lowest BCUT2D eigenvalue weighted by atomic mass is 10.0. The Morgan fingerprint density at radius 1 is 1.44 bits per heavy atom. The van der Waals surface area contributed by atoms with E-state index < -0.39 is 5.56 Å². The van der Waals surface area contributed by atoms with Gasteiger partial charge in [0.15, 0.2) is 16.7 Å². The lowest BCUT2D eigenvalue weighted by molar-refractivity contribution is 0.222. The van der Waals surface area contributed by atoms with Gasteiger partial charge in [-0.15, -0.1) is 6.58 Å². The largest absolute Gasteiger partial charge is 0.490 e. The van der Waals surface area contributed by atoms with Crippen molar-refractivity contribution in [3.63, 3.8) is 0 Å². The van der Waals surface area contributed by atoms with Crippen LogP contribution in [0, 0.1) is 11.3 Å². The van der Waals surface area contributed by atoms with Crippen LogP contribution in [0.5, 0.6) is 11.5 Å². The number of hydrogen-bond donors (Lipinski definition) is 1. The lowest BCUT2D eigenvalue weighted by Gasteiger charge is -2.19. The Hall–Kier alpha value is -2.72. The van der Waals surface area contributed by atoms with Gasteiger partial charge >= 0.3 is 0 Å². The minimum Gasteiger partial charge on any atom is -0.490 e. The summed E-state index contributed by atoms with van der Waals surface area (Å²) in [6, 6.07) is 5.59. The maximum atomic E-state index is 12.3. The molecule has 0 unspecified atom stereocenters. The summed E-state index contributed by atoms with van der Waals surface area (Å²) in [6.45, 7) is 10.0. The van der Waals surface area contributed by atoms with E-state index in [1.165, 1.54) is 11.8 Å². The molecule has 0 spiro atoms. The molecule has 1 aromatic carbocycles. The topological polar surface area (TPSA) is 88.0 Å². The number of rotatable bonds is 8. The van der Waals surface area contributed by atoms with Crippen LogP contribution in [-0.4, -0.2) is 28.9 Å². The third-order valence-electron chi connectivity index (χ3n) is 3.63. The summed E-state index contributed by atoms with van der Waals surface area (Å²) in [4.78, 5) is 19.3. The lowest BCUT2D eigenvalue weighted by Crippen LogP contribution is -2.15. The zero-order valence-corrected chi connectivity index (χ0v) is 16.8. The van der Waals surface area contributed by atoms with Gasteiger partial charge < -0.3 is 14.5 Å². The van der Waals surface area contributed by atoms with E-state index in [1.807, 2.05) is 39.2 Å². The molecule has 0 amide bonds. The van der Waals surface area contributed by atoms with Crippen LogP contribution in [0.4, 0.5) is 0 Å². The molecule has 142 valence electrons. The van der Waals surface area contributed by atoms with Gasteiger partial charge in [0.1, 0.15) is 11.6 Å². The molecular weight excluding hydrogens is 362 g/mol. The summed E-state index contributed by atoms with van der Waals surface area (Å²) in [5, 5.41) is 9.90. The summed E-state index contributed by atoms with van der Waals surface area (Å²) >= 11 is 1.30. The molecule has 0 saturated carbocycles. The first-order chi connectivity index (χ1) is 12.9. The number of allylic oxidation sites excluding steroid dienone is 1. The molecule has 0 aliphatic carbocycles. The van der Waals surface area contributed by atoms with Crippen LogP contribution in [-0.2, 0) is 6.42 Å². The molecule has 1 aromatic heterocycles. The summed E-state index contributed by atoms with van der Waals surface area (Å²) in [5.74, 6) is 1.20. The molecule has 0 radical (unpaired) electrons. The Bertz CT molecular complexity index is 929. The van der Waals surface area contributed by atoms with Crippen molar-refractivity contribution in [2.45, 2.75) is 38.5 Å². The second kappa shape index (κ2) is 9.28. The maximum absolute atomic E-state index is 12.3. The molecule has 0 saturated heterocycles. The van der Waals surface area contributed by atoms with Crippen LogP contribution in [0.3, 0.4) is 0 Å². The minimum absolute atomic E-state index is 0.0303. The van der Waals surface area contributed by atoms with Gasteiger partial charge in [0.25, 0.3) is 5.56 Å². The summed E-state index contributed by atoms with van der Waals surface area (Å²) in [5.41, 5.74) is 1.32. The van der Waals surface area contributed by atoms with Gasteiger partial charge in [-0.05, 0) is 45.6 Å². The number of nitriles is 1. The number of H-pyrrole nitrogens is 1. The van der Waals surface area contributed by atoms with E-state index in [4.69, 9.17) is 9.47 Å². The first-order valence-corrected chi connectivity index (χ1v) is 9.83. The fraction of sp³-hybridized carbons (Fsp3) is 0.350. The number of thioether (sulfide) groups is 1. The highest BCUT2D eigenvalue weighted by Gasteiger charge is 2.19. The Balaban J connectivity index is 2.78. The highest BCUT2D eigenvalue weighted by atomic mass is 32.2. The van der Waals surface area contributed by atoms with Crippen LogP contribution in [0.1, 0.15) is 31.9 Å². The highest BCUT2D eigenvalue weighted by Crippen LogP contribution is 2.38. The summed E-state index contributed by atoms with van der Waals surface area (Å²) in [7, 11) is 0. The molecule has 6 nitrogen and oxygen atoms in total. The van der Waals surface area contributed by atoms with Crippen molar-refractivity contribution in [2.75, 3.05) is 12.9 Å². The molecular formula is C20H23N3O3S. The fourth-order valence-corrected chi connectivity index (χ4v) is 2.98. The summed E-state index contributed by atoms with van der Waals surface area (Å²) in [6.07, 6.45) is 4.10. The van der Waals surface area contributed by atoms with Crippen molar-refractivity contribution in [3.05, 3.63) is 46.3 Å². The first-order valence-electron chi connectivity index (χ1n) is 8.61. The molecule has 0 bridgehead atoms. The van der Waals surface area contributed by atoms with Gasteiger partial charge in [0.2, 0.25) is 0 Å². The second-order valence-electron chi connectivity index (χ2n) is 5.97. The predicted octanol–water partition coefficient (Wildman–Crippen LogP) is 3.94. The van der Waals surface area contributed by atoms with Gasteiger partial charge in [0, 0.05) is 11.1 Å². The van der Waals surface area contributed by atoms with E-state index in [0.29, 0.717) is 40.9 Å². The third kappa shape index (κ3) is 4.72. The van der Waals surface area contributed by atoms with E-state index in [0.717, 1.165) is 5.56 Å². The van der Waals surface area contributed by atoms with E-state index in [1.54, 1.807) is 12.1 Å². The van der Waals surface area contributed by atoms with Crippen LogP contribution in [0.2, 0.25) is 0 Å². The Morgan fingerprint density at radius 3 is 2.74 bits per heavy atom. The maximum Gasteiger partial charge on any atom is 0.270 e. The molecule has 2 aromatic rings. The van der Waals surface area contributed by atoms with E-state index in [-0.39, 0.29) is 11.7 Å². The number of ether oxygens (including phenoxy) is 2. The van der Waals surface area contributed by atoms with Gasteiger partial charge in [-0.25, -0.2) is 4.98 Å². The number of nitrogens with zero attached hydrogens (tertiary/aromatic N) is 2. The zero-order chi connectivity index (χ0) is 20.0. The van der Waals surface area contributed by atoms with Crippen LogP contribution in [0.25, 0.3) is 11.3 Å². The zero-order valence-electron chi connectivity index (χ0n) is 16.0. The van der Waals surface area contributed by atoms with Crippen molar-refractivity contribution in [1.29, 1.82) is 5.26 Å². The minimum atomic E-state index is -0.461. The fourth-order valence-electron chi connectivity index (χ4n) is 2.60. The monoisotopic (exact) mass is 385 g/mol. The quantitative estimate of drug-likeness (QED) is 0.421. The smallest absolute Gasteiger partial charge is 0.270 e. The van der Waals surface area contributed by atoms with E-state index in [2.05, 4.69) is 16.5 Å². The van der Waals surface area contributed by atoms with Crippen molar-refractivity contribution < 1.29 is 9.47 Å². The molecule has 0 aliphatic heterocycles. The van der Waals surface area contributed by atoms with Gasteiger partial charge in [-0.1, -0.05) is 17.8 Å². The molecule has 0 atom stereocenters. The van der Waals surface area contributed by atoms with Crippen LogP contribution < -0.4 is 15.0 Å². The number of hydrogen-bond acceptors (Lipinski definition) is 6. The molecule has 0 aliphatic rings.